The standard InChI is InChI=1S/C17H15NO3/c19-16(14-9-5-2-6-10-14)11-15(17(20)21)18-12-13-7-3-1-4-8-13/h1-11,18H,12H2,(H,20,21)/b15-11+. The lowest BCUT2D eigenvalue weighted by Crippen LogP contribution is -2.21. The van der Waals surface area contributed by atoms with Crippen molar-refractivity contribution in [2.45, 2.75) is 6.54 Å². The van der Waals surface area contributed by atoms with Crippen molar-refractivity contribution in [2.75, 3.05) is 0 Å². The average molecular weight is 281 g/mol. The third-order valence-electron chi connectivity index (χ3n) is 2.89. The average Bonchev–Trinajstić information content (AvgIpc) is 2.52. The van der Waals surface area contributed by atoms with Crippen molar-refractivity contribution >= 4 is 11.8 Å². The molecule has 0 saturated heterocycles. The number of hydrogen-bond donors (Lipinski definition) is 2. The molecule has 2 rings (SSSR count). The first-order valence-corrected chi connectivity index (χ1v) is 6.49. The lowest BCUT2D eigenvalue weighted by atomic mass is 10.1. The molecule has 0 aliphatic heterocycles. The Bertz CT molecular complexity index is 648. The molecule has 0 aliphatic carbocycles. The largest absolute Gasteiger partial charge is 0.477 e. The highest BCUT2D eigenvalue weighted by Crippen LogP contribution is 2.04. The van der Waals surface area contributed by atoms with Crippen LogP contribution >= 0.6 is 0 Å². The lowest BCUT2D eigenvalue weighted by molar-refractivity contribution is -0.133. The summed E-state index contributed by atoms with van der Waals surface area (Å²) >= 11 is 0. The normalized spacial score (nSPS) is 11.0. The van der Waals surface area contributed by atoms with Crippen LogP contribution in [0.25, 0.3) is 0 Å². The second-order valence-electron chi connectivity index (χ2n) is 4.43. The Kier molecular flexibility index (Phi) is 4.88. The summed E-state index contributed by atoms with van der Waals surface area (Å²) in [5.74, 6) is -1.50. The van der Waals surface area contributed by atoms with Crippen molar-refractivity contribution < 1.29 is 14.7 Å². The highest BCUT2D eigenvalue weighted by Gasteiger charge is 2.10. The Hall–Kier alpha value is -2.88. The van der Waals surface area contributed by atoms with Gasteiger partial charge in [0, 0.05) is 18.2 Å². The molecule has 2 aromatic rings. The fourth-order valence-corrected chi connectivity index (χ4v) is 1.80. The van der Waals surface area contributed by atoms with Crippen molar-refractivity contribution in [3.8, 4) is 0 Å². The molecule has 0 unspecified atom stereocenters. The molecule has 0 atom stereocenters. The second kappa shape index (κ2) is 7.05. The van der Waals surface area contributed by atoms with Gasteiger partial charge in [-0.05, 0) is 5.56 Å². The van der Waals surface area contributed by atoms with Gasteiger partial charge in [0.05, 0.1) is 0 Å². The van der Waals surface area contributed by atoms with Crippen molar-refractivity contribution in [1.29, 1.82) is 0 Å². The molecule has 2 N–H and O–H groups in total. The fourth-order valence-electron chi connectivity index (χ4n) is 1.80. The molecule has 0 radical (unpaired) electrons. The van der Waals surface area contributed by atoms with Gasteiger partial charge in [-0.25, -0.2) is 4.79 Å². The number of carbonyl (C=O) groups excluding carboxylic acids is 1. The Balaban J connectivity index is 2.10. The van der Waals surface area contributed by atoms with Crippen molar-refractivity contribution in [3.05, 3.63) is 83.6 Å². The summed E-state index contributed by atoms with van der Waals surface area (Å²) in [6, 6.07) is 18.0. The number of carboxylic acid groups (broad SMARTS) is 1. The molecule has 0 aliphatic rings. The Morgan fingerprint density at radius 3 is 2.10 bits per heavy atom. The summed E-state index contributed by atoms with van der Waals surface area (Å²) < 4.78 is 0. The Morgan fingerprint density at radius 1 is 0.952 bits per heavy atom. The number of carbonyl (C=O) groups is 2. The minimum atomic E-state index is -1.16. The van der Waals surface area contributed by atoms with Crippen LogP contribution in [0.15, 0.2) is 72.4 Å². The molecule has 4 heteroatoms. The number of ketones is 1. The van der Waals surface area contributed by atoms with E-state index in [4.69, 9.17) is 5.11 Å². The van der Waals surface area contributed by atoms with Crippen molar-refractivity contribution in [3.63, 3.8) is 0 Å². The Labute approximate surface area is 122 Å². The number of nitrogens with one attached hydrogen (secondary N) is 1. The number of rotatable bonds is 6. The quantitative estimate of drug-likeness (QED) is 0.631. The number of hydrogen-bond acceptors (Lipinski definition) is 3. The summed E-state index contributed by atoms with van der Waals surface area (Å²) in [4.78, 5) is 23.2. The van der Waals surface area contributed by atoms with Gasteiger partial charge in [0.1, 0.15) is 5.70 Å². The van der Waals surface area contributed by atoms with E-state index in [0.29, 0.717) is 12.1 Å². The van der Waals surface area contributed by atoms with Crippen LogP contribution in [0.3, 0.4) is 0 Å². The molecule has 0 saturated carbocycles. The highest BCUT2D eigenvalue weighted by atomic mass is 16.4. The van der Waals surface area contributed by atoms with Gasteiger partial charge in [0.15, 0.2) is 5.78 Å². The van der Waals surface area contributed by atoms with Crippen LogP contribution in [0.1, 0.15) is 15.9 Å². The first kappa shape index (κ1) is 14.5. The maximum atomic E-state index is 12.0. The molecule has 2 aromatic carbocycles. The van der Waals surface area contributed by atoms with Crippen LogP contribution in [0.4, 0.5) is 0 Å². The van der Waals surface area contributed by atoms with Crippen LogP contribution in [-0.2, 0) is 11.3 Å². The number of benzene rings is 2. The van der Waals surface area contributed by atoms with E-state index in [1.807, 2.05) is 30.3 Å². The van der Waals surface area contributed by atoms with E-state index in [2.05, 4.69) is 5.32 Å². The van der Waals surface area contributed by atoms with Gasteiger partial charge in [-0.15, -0.1) is 0 Å². The SMILES string of the molecule is O=C(O)/C(=C\C(=O)c1ccccc1)NCc1ccccc1. The molecule has 106 valence electrons. The number of carboxylic acids is 1. The maximum Gasteiger partial charge on any atom is 0.352 e. The summed E-state index contributed by atoms with van der Waals surface area (Å²) in [7, 11) is 0. The molecular weight excluding hydrogens is 266 g/mol. The zero-order valence-corrected chi connectivity index (χ0v) is 11.3. The zero-order valence-electron chi connectivity index (χ0n) is 11.3. The van der Waals surface area contributed by atoms with E-state index < -0.39 is 5.97 Å². The zero-order chi connectivity index (χ0) is 15.1. The molecule has 0 heterocycles. The van der Waals surface area contributed by atoms with Crippen molar-refractivity contribution in [1.82, 2.24) is 5.32 Å². The molecule has 4 nitrogen and oxygen atoms in total. The van der Waals surface area contributed by atoms with E-state index in [1.54, 1.807) is 30.3 Å². The van der Waals surface area contributed by atoms with Crippen molar-refractivity contribution in [2.24, 2.45) is 0 Å². The van der Waals surface area contributed by atoms with Crippen LogP contribution in [-0.4, -0.2) is 16.9 Å². The lowest BCUT2D eigenvalue weighted by Gasteiger charge is -2.07. The van der Waals surface area contributed by atoms with Crippen LogP contribution < -0.4 is 5.32 Å². The minimum Gasteiger partial charge on any atom is -0.477 e. The van der Waals surface area contributed by atoms with Gasteiger partial charge < -0.3 is 10.4 Å². The van der Waals surface area contributed by atoms with Gasteiger partial charge in [-0.2, -0.15) is 0 Å². The topological polar surface area (TPSA) is 66.4 Å². The first-order chi connectivity index (χ1) is 10.2. The summed E-state index contributed by atoms with van der Waals surface area (Å²) in [6.45, 7) is 0.348. The summed E-state index contributed by atoms with van der Waals surface area (Å²) in [6.07, 6.45) is 1.11. The second-order valence-corrected chi connectivity index (χ2v) is 4.43. The van der Waals surface area contributed by atoms with E-state index in [0.717, 1.165) is 11.6 Å². The molecular formula is C17H15NO3. The number of aliphatic carboxylic acids is 1. The molecule has 0 amide bonds. The monoisotopic (exact) mass is 281 g/mol. The van der Waals surface area contributed by atoms with Gasteiger partial charge in [-0.3, -0.25) is 4.79 Å². The maximum absolute atomic E-state index is 12.0. The third-order valence-corrected chi connectivity index (χ3v) is 2.89. The number of allylic oxidation sites excluding steroid dienone is 1. The first-order valence-electron chi connectivity index (χ1n) is 6.49. The van der Waals surface area contributed by atoms with Crippen LogP contribution in [0, 0.1) is 0 Å². The summed E-state index contributed by atoms with van der Waals surface area (Å²) in [5, 5.41) is 11.9. The van der Waals surface area contributed by atoms with Crippen LogP contribution in [0.5, 0.6) is 0 Å². The van der Waals surface area contributed by atoms with Gasteiger partial charge in [-0.1, -0.05) is 60.7 Å². The molecule has 0 spiro atoms. The predicted molar refractivity (Wildman–Crippen MR) is 79.8 cm³/mol. The molecule has 0 fully saturated rings. The third kappa shape index (κ3) is 4.31. The predicted octanol–water partition coefficient (Wildman–Crippen LogP) is 2.63. The minimum absolute atomic E-state index is 0.118. The molecule has 0 aromatic heterocycles. The highest BCUT2D eigenvalue weighted by molar-refractivity contribution is 6.08. The van der Waals surface area contributed by atoms with Gasteiger partial charge in [0.25, 0.3) is 0 Å². The Morgan fingerprint density at radius 2 is 1.52 bits per heavy atom. The fraction of sp³-hybridized carbons (Fsp3) is 0.0588. The van der Waals surface area contributed by atoms with E-state index >= 15 is 0 Å². The smallest absolute Gasteiger partial charge is 0.352 e. The van der Waals surface area contributed by atoms with E-state index in [-0.39, 0.29) is 11.5 Å². The van der Waals surface area contributed by atoms with Gasteiger partial charge >= 0.3 is 5.97 Å². The molecule has 21 heavy (non-hydrogen) atoms. The summed E-state index contributed by atoms with van der Waals surface area (Å²) in [5.41, 5.74) is 1.28. The van der Waals surface area contributed by atoms with E-state index in [1.165, 1.54) is 0 Å². The van der Waals surface area contributed by atoms with E-state index in [9.17, 15) is 9.59 Å². The van der Waals surface area contributed by atoms with Crippen LogP contribution in [0.2, 0.25) is 0 Å². The molecule has 0 bridgehead atoms. The van der Waals surface area contributed by atoms with Gasteiger partial charge in [0.2, 0.25) is 0 Å².